The molecule has 0 saturated heterocycles. The minimum absolute atomic E-state index is 0.0720. The van der Waals surface area contributed by atoms with Crippen molar-refractivity contribution in [2.24, 2.45) is 0 Å². The summed E-state index contributed by atoms with van der Waals surface area (Å²) in [5, 5.41) is 22.1. The Labute approximate surface area is 121 Å². The molecule has 0 spiro atoms. The number of nitro groups is 1. The maximum absolute atomic E-state index is 11.0. The van der Waals surface area contributed by atoms with Gasteiger partial charge >= 0.3 is 0 Å². The minimum atomic E-state index is -0.400. The quantitative estimate of drug-likeness (QED) is 0.468. The summed E-state index contributed by atoms with van der Waals surface area (Å²) in [4.78, 5) is 10.6. The molecule has 2 rings (SSSR count). The molecular weight excluding hydrogens is 274 g/mol. The Morgan fingerprint density at radius 1 is 1.48 bits per heavy atom. The highest BCUT2D eigenvalue weighted by atomic mass is 16.6. The topological polar surface area (TPSA) is 95.1 Å². The zero-order chi connectivity index (χ0) is 15.2. The van der Waals surface area contributed by atoms with Crippen LogP contribution in [0.5, 0.6) is 0 Å². The summed E-state index contributed by atoms with van der Waals surface area (Å²) in [7, 11) is 1.64. The molecular formula is C13H17N5O3. The van der Waals surface area contributed by atoms with Crippen LogP contribution in [-0.2, 0) is 11.3 Å². The SMILES string of the molecule is COCCNCc1cn(-c2ccc(C)c([N+](=O)[O-])c2)nn1. The highest BCUT2D eigenvalue weighted by Gasteiger charge is 2.12. The number of hydrogen-bond acceptors (Lipinski definition) is 6. The van der Waals surface area contributed by atoms with Crippen molar-refractivity contribution in [2.45, 2.75) is 13.5 Å². The summed E-state index contributed by atoms with van der Waals surface area (Å²) in [6.07, 6.45) is 1.74. The largest absolute Gasteiger partial charge is 0.383 e. The molecule has 112 valence electrons. The Balaban J connectivity index is 2.10. The summed E-state index contributed by atoms with van der Waals surface area (Å²) >= 11 is 0. The Bertz CT molecular complexity index is 626. The number of benzene rings is 1. The van der Waals surface area contributed by atoms with Crippen LogP contribution in [0.2, 0.25) is 0 Å². The number of aryl methyl sites for hydroxylation is 1. The summed E-state index contributed by atoms with van der Waals surface area (Å²) in [6.45, 7) is 3.61. The van der Waals surface area contributed by atoms with Gasteiger partial charge in [-0.25, -0.2) is 4.68 Å². The van der Waals surface area contributed by atoms with Gasteiger partial charge in [0.1, 0.15) is 0 Å². The van der Waals surface area contributed by atoms with Gasteiger partial charge in [-0.1, -0.05) is 11.3 Å². The van der Waals surface area contributed by atoms with Crippen molar-refractivity contribution in [3.8, 4) is 5.69 Å². The van der Waals surface area contributed by atoms with Gasteiger partial charge < -0.3 is 10.1 Å². The van der Waals surface area contributed by atoms with Crippen molar-refractivity contribution in [3.05, 3.63) is 45.8 Å². The van der Waals surface area contributed by atoms with E-state index in [-0.39, 0.29) is 5.69 Å². The number of ether oxygens (including phenoxy) is 1. The van der Waals surface area contributed by atoms with Gasteiger partial charge in [-0.3, -0.25) is 10.1 Å². The van der Waals surface area contributed by atoms with E-state index < -0.39 is 4.92 Å². The second-order valence-electron chi connectivity index (χ2n) is 4.55. The predicted octanol–water partition coefficient (Wildman–Crippen LogP) is 1.22. The molecule has 8 nitrogen and oxygen atoms in total. The number of nitrogens with zero attached hydrogens (tertiary/aromatic N) is 4. The van der Waals surface area contributed by atoms with E-state index in [0.717, 1.165) is 12.2 Å². The first-order valence-electron chi connectivity index (χ1n) is 6.48. The van der Waals surface area contributed by atoms with Crippen molar-refractivity contribution >= 4 is 5.69 Å². The lowest BCUT2D eigenvalue weighted by atomic mass is 10.2. The van der Waals surface area contributed by atoms with Crippen molar-refractivity contribution < 1.29 is 9.66 Å². The van der Waals surface area contributed by atoms with Crippen molar-refractivity contribution in [3.63, 3.8) is 0 Å². The van der Waals surface area contributed by atoms with Gasteiger partial charge in [0.05, 0.1) is 29.1 Å². The maximum atomic E-state index is 11.0. The number of rotatable bonds is 7. The third kappa shape index (κ3) is 3.83. The molecule has 0 radical (unpaired) electrons. The fourth-order valence-electron chi connectivity index (χ4n) is 1.83. The van der Waals surface area contributed by atoms with E-state index in [0.29, 0.717) is 24.4 Å². The number of nitrogens with one attached hydrogen (secondary N) is 1. The van der Waals surface area contributed by atoms with E-state index in [9.17, 15) is 10.1 Å². The number of nitro benzene ring substituents is 1. The van der Waals surface area contributed by atoms with E-state index in [2.05, 4.69) is 15.6 Å². The van der Waals surface area contributed by atoms with E-state index in [1.807, 2.05) is 0 Å². The molecule has 1 aromatic heterocycles. The molecule has 0 saturated carbocycles. The third-order valence-electron chi connectivity index (χ3n) is 2.98. The molecule has 8 heteroatoms. The second kappa shape index (κ2) is 6.91. The maximum Gasteiger partial charge on any atom is 0.274 e. The standard InChI is InChI=1S/C13H17N5O3/c1-10-3-4-12(7-13(10)18(19)20)17-9-11(15-16-17)8-14-5-6-21-2/h3-4,7,9,14H,5-6,8H2,1-2H3. The summed E-state index contributed by atoms with van der Waals surface area (Å²) in [6, 6.07) is 4.97. The molecule has 21 heavy (non-hydrogen) atoms. The Hall–Kier alpha value is -2.32. The molecule has 0 unspecified atom stereocenters. The van der Waals surface area contributed by atoms with Gasteiger partial charge in [-0.2, -0.15) is 0 Å². The van der Waals surface area contributed by atoms with E-state index in [1.165, 1.54) is 10.7 Å². The van der Waals surface area contributed by atoms with Gasteiger partial charge in [-0.15, -0.1) is 5.10 Å². The lowest BCUT2D eigenvalue weighted by molar-refractivity contribution is -0.385. The van der Waals surface area contributed by atoms with Crippen LogP contribution in [0.15, 0.2) is 24.4 Å². The van der Waals surface area contributed by atoms with Gasteiger partial charge in [-0.05, 0) is 13.0 Å². The molecule has 0 fully saturated rings. The monoisotopic (exact) mass is 291 g/mol. The third-order valence-corrected chi connectivity index (χ3v) is 2.98. The summed E-state index contributed by atoms with van der Waals surface area (Å²) in [5.41, 5.74) is 2.06. The molecule has 1 heterocycles. The number of aromatic nitrogens is 3. The fraction of sp³-hybridized carbons (Fsp3) is 0.385. The lowest BCUT2D eigenvalue weighted by Crippen LogP contribution is -2.18. The van der Waals surface area contributed by atoms with Crippen molar-refractivity contribution in [2.75, 3.05) is 20.3 Å². The zero-order valence-electron chi connectivity index (χ0n) is 11.9. The molecule has 2 aromatic rings. The Kier molecular flexibility index (Phi) is 4.96. The molecule has 0 amide bonds. The normalized spacial score (nSPS) is 10.8. The first kappa shape index (κ1) is 15.1. The van der Waals surface area contributed by atoms with Crippen LogP contribution >= 0.6 is 0 Å². The average molecular weight is 291 g/mol. The van der Waals surface area contributed by atoms with Crippen LogP contribution in [0.1, 0.15) is 11.3 Å². The van der Waals surface area contributed by atoms with Gasteiger partial charge in [0.15, 0.2) is 0 Å². The van der Waals surface area contributed by atoms with E-state index >= 15 is 0 Å². The van der Waals surface area contributed by atoms with Gasteiger partial charge in [0.2, 0.25) is 0 Å². The molecule has 0 aliphatic heterocycles. The van der Waals surface area contributed by atoms with E-state index in [1.54, 1.807) is 32.4 Å². The Morgan fingerprint density at radius 2 is 2.29 bits per heavy atom. The first-order valence-corrected chi connectivity index (χ1v) is 6.48. The average Bonchev–Trinajstić information content (AvgIpc) is 2.92. The predicted molar refractivity (Wildman–Crippen MR) is 76.3 cm³/mol. The van der Waals surface area contributed by atoms with Crippen LogP contribution in [0.25, 0.3) is 5.69 Å². The molecule has 0 aliphatic rings. The highest BCUT2D eigenvalue weighted by Crippen LogP contribution is 2.21. The smallest absolute Gasteiger partial charge is 0.274 e. The Morgan fingerprint density at radius 3 is 3.00 bits per heavy atom. The minimum Gasteiger partial charge on any atom is -0.383 e. The summed E-state index contributed by atoms with van der Waals surface area (Å²) in [5.74, 6) is 0. The van der Waals surface area contributed by atoms with Crippen LogP contribution in [0, 0.1) is 17.0 Å². The number of methoxy groups -OCH3 is 1. The molecule has 1 N–H and O–H groups in total. The lowest BCUT2D eigenvalue weighted by Gasteiger charge is -2.02. The van der Waals surface area contributed by atoms with E-state index in [4.69, 9.17) is 4.74 Å². The van der Waals surface area contributed by atoms with Crippen molar-refractivity contribution in [1.82, 2.24) is 20.3 Å². The second-order valence-corrected chi connectivity index (χ2v) is 4.55. The fourth-order valence-corrected chi connectivity index (χ4v) is 1.83. The van der Waals surface area contributed by atoms with Crippen LogP contribution < -0.4 is 5.32 Å². The summed E-state index contributed by atoms with van der Waals surface area (Å²) < 4.78 is 6.46. The molecule has 0 atom stereocenters. The van der Waals surface area contributed by atoms with Crippen LogP contribution in [0.3, 0.4) is 0 Å². The van der Waals surface area contributed by atoms with Gasteiger partial charge in [0, 0.05) is 31.8 Å². The van der Waals surface area contributed by atoms with Gasteiger partial charge in [0.25, 0.3) is 5.69 Å². The highest BCUT2D eigenvalue weighted by molar-refractivity contribution is 5.48. The first-order chi connectivity index (χ1) is 10.1. The molecule has 0 aliphatic carbocycles. The van der Waals surface area contributed by atoms with Crippen LogP contribution in [0.4, 0.5) is 5.69 Å². The zero-order valence-corrected chi connectivity index (χ0v) is 11.9. The molecule has 1 aromatic carbocycles. The van der Waals surface area contributed by atoms with Crippen molar-refractivity contribution in [1.29, 1.82) is 0 Å². The molecule has 0 bridgehead atoms. The number of hydrogen-bond donors (Lipinski definition) is 1. The van der Waals surface area contributed by atoms with Crippen LogP contribution in [-0.4, -0.2) is 40.2 Å².